The summed E-state index contributed by atoms with van der Waals surface area (Å²) in [7, 11) is 1.70. The van der Waals surface area contributed by atoms with Crippen LogP contribution >= 0.6 is 0 Å². The predicted octanol–water partition coefficient (Wildman–Crippen LogP) is 3.84. The van der Waals surface area contributed by atoms with Crippen LogP contribution in [0.25, 0.3) is 0 Å². The van der Waals surface area contributed by atoms with Crippen LogP contribution in [0.15, 0.2) is 24.3 Å². The zero-order valence-corrected chi connectivity index (χ0v) is 11.6. The van der Waals surface area contributed by atoms with Crippen molar-refractivity contribution in [3.05, 3.63) is 29.8 Å². The fourth-order valence-electron chi connectivity index (χ4n) is 3.06. The monoisotopic (exact) mass is 247 g/mol. The first-order valence-electron chi connectivity index (χ1n) is 7.08. The van der Waals surface area contributed by atoms with Gasteiger partial charge in [-0.25, -0.2) is 0 Å². The summed E-state index contributed by atoms with van der Waals surface area (Å²) in [6.07, 6.45) is 7.92. The Morgan fingerprint density at radius 3 is 2.11 bits per heavy atom. The van der Waals surface area contributed by atoms with Crippen molar-refractivity contribution >= 4 is 0 Å². The fraction of sp³-hybridized carbons (Fsp3) is 0.625. The second-order valence-corrected chi connectivity index (χ2v) is 5.70. The predicted molar refractivity (Wildman–Crippen MR) is 75.7 cm³/mol. The Hall–Kier alpha value is -1.02. The summed E-state index contributed by atoms with van der Waals surface area (Å²) in [4.78, 5) is 0. The van der Waals surface area contributed by atoms with Crippen molar-refractivity contribution in [2.75, 3.05) is 7.11 Å². The lowest BCUT2D eigenvalue weighted by Crippen LogP contribution is -2.41. The van der Waals surface area contributed by atoms with Crippen LogP contribution in [0, 0.1) is 5.92 Å². The maximum Gasteiger partial charge on any atom is 0.118 e. The minimum absolute atomic E-state index is 0.212. The van der Waals surface area contributed by atoms with Gasteiger partial charge in [0.25, 0.3) is 0 Å². The highest BCUT2D eigenvalue weighted by Gasteiger charge is 2.31. The SMILES string of the molecule is COc1ccc(C(C)(N)C2CCCCCC2)cc1. The molecule has 18 heavy (non-hydrogen) atoms. The number of methoxy groups -OCH3 is 1. The molecule has 1 aliphatic carbocycles. The molecule has 2 N–H and O–H groups in total. The molecule has 0 amide bonds. The van der Waals surface area contributed by atoms with E-state index in [2.05, 4.69) is 19.1 Å². The van der Waals surface area contributed by atoms with E-state index >= 15 is 0 Å². The molecule has 1 unspecified atom stereocenters. The molecular weight excluding hydrogens is 222 g/mol. The highest BCUT2D eigenvalue weighted by Crippen LogP contribution is 2.36. The van der Waals surface area contributed by atoms with Crippen LogP contribution in [0.1, 0.15) is 51.0 Å². The normalized spacial score (nSPS) is 21.1. The first kappa shape index (κ1) is 13.4. The van der Waals surface area contributed by atoms with Crippen LogP contribution in [-0.4, -0.2) is 7.11 Å². The van der Waals surface area contributed by atoms with E-state index in [0.717, 1.165) is 5.75 Å². The van der Waals surface area contributed by atoms with Crippen LogP contribution in [0.4, 0.5) is 0 Å². The van der Waals surface area contributed by atoms with Gasteiger partial charge in [-0.1, -0.05) is 37.8 Å². The zero-order chi connectivity index (χ0) is 13.0. The Kier molecular flexibility index (Phi) is 4.28. The van der Waals surface area contributed by atoms with E-state index in [1.165, 1.54) is 44.1 Å². The van der Waals surface area contributed by atoms with Crippen molar-refractivity contribution in [2.45, 2.75) is 51.0 Å². The second-order valence-electron chi connectivity index (χ2n) is 5.70. The molecule has 0 bridgehead atoms. The van der Waals surface area contributed by atoms with Gasteiger partial charge in [0.1, 0.15) is 5.75 Å². The van der Waals surface area contributed by atoms with Gasteiger partial charge in [0.05, 0.1) is 7.11 Å². The quantitative estimate of drug-likeness (QED) is 0.824. The van der Waals surface area contributed by atoms with Crippen molar-refractivity contribution in [1.82, 2.24) is 0 Å². The molecule has 1 atom stereocenters. The summed E-state index contributed by atoms with van der Waals surface area (Å²) in [5.41, 5.74) is 7.65. The standard InChI is InChI=1S/C16H25NO/c1-16(17,13-7-5-3-4-6-8-13)14-9-11-15(18-2)12-10-14/h9-13H,3-8,17H2,1-2H3. The Balaban J connectivity index is 2.16. The van der Waals surface area contributed by atoms with E-state index < -0.39 is 0 Å². The number of nitrogens with two attached hydrogens (primary N) is 1. The van der Waals surface area contributed by atoms with Crippen LogP contribution < -0.4 is 10.5 Å². The minimum Gasteiger partial charge on any atom is -0.497 e. The van der Waals surface area contributed by atoms with Gasteiger partial charge >= 0.3 is 0 Å². The highest BCUT2D eigenvalue weighted by atomic mass is 16.5. The van der Waals surface area contributed by atoms with Crippen LogP contribution in [0.2, 0.25) is 0 Å². The molecular formula is C16H25NO. The summed E-state index contributed by atoms with van der Waals surface area (Å²) >= 11 is 0. The maximum atomic E-state index is 6.63. The van der Waals surface area contributed by atoms with Crippen molar-refractivity contribution in [2.24, 2.45) is 11.7 Å². The van der Waals surface area contributed by atoms with E-state index in [4.69, 9.17) is 10.5 Å². The van der Waals surface area contributed by atoms with Crippen molar-refractivity contribution in [1.29, 1.82) is 0 Å². The first-order chi connectivity index (χ1) is 8.64. The molecule has 0 radical (unpaired) electrons. The molecule has 0 heterocycles. The van der Waals surface area contributed by atoms with E-state index in [1.54, 1.807) is 7.11 Å². The lowest BCUT2D eigenvalue weighted by Gasteiger charge is -2.34. The Morgan fingerprint density at radius 1 is 1.06 bits per heavy atom. The van der Waals surface area contributed by atoms with Gasteiger partial charge in [0, 0.05) is 5.54 Å². The summed E-state index contributed by atoms with van der Waals surface area (Å²) in [6.45, 7) is 2.19. The molecule has 100 valence electrons. The van der Waals surface area contributed by atoms with Crippen LogP contribution in [0.5, 0.6) is 5.75 Å². The largest absolute Gasteiger partial charge is 0.497 e. The number of rotatable bonds is 3. The van der Waals surface area contributed by atoms with Gasteiger partial charge in [-0.3, -0.25) is 0 Å². The van der Waals surface area contributed by atoms with E-state index in [-0.39, 0.29) is 5.54 Å². The van der Waals surface area contributed by atoms with Crippen LogP contribution in [-0.2, 0) is 5.54 Å². The van der Waals surface area contributed by atoms with Gasteiger partial charge < -0.3 is 10.5 Å². The molecule has 2 rings (SSSR count). The van der Waals surface area contributed by atoms with Crippen molar-refractivity contribution in [3.63, 3.8) is 0 Å². The third-order valence-corrected chi connectivity index (χ3v) is 4.42. The Bertz CT molecular complexity index is 361. The molecule has 0 saturated heterocycles. The smallest absolute Gasteiger partial charge is 0.118 e. The number of benzene rings is 1. The molecule has 1 aromatic rings. The molecule has 1 saturated carbocycles. The highest BCUT2D eigenvalue weighted by molar-refractivity contribution is 5.31. The molecule has 1 fully saturated rings. The average molecular weight is 247 g/mol. The summed E-state index contributed by atoms with van der Waals surface area (Å²) in [5.74, 6) is 1.50. The Morgan fingerprint density at radius 2 is 1.61 bits per heavy atom. The molecule has 1 aromatic carbocycles. The second kappa shape index (κ2) is 5.75. The molecule has 2 nitrogen and oxygen atoms in total. The van der Waals surface area contributed by atoms with Crippen LogP contribution in [0.3, 0.4) is 0 Å². The molecule has 0 aromatic heterocycles. The minimum atomic E-state index is -0.212. The van der Waals surface area contributed by atoms with Crippen molar-refractivity contribution < 1.29 is 4.74 Å². The lowest BCUT2D eigenvalue weighted by molar-refractivity contribution is 0.268. The summed E-state index contributed by atoms with van der Waals surface area (Å²) in [5, 5.41) is 0. The molecule has 0 aliphatic heterocycles. The molecule has 2 heteroatoms. The topological polar surface area (TPSA) is 35.2 Å². The van der Waals surface area contributed by atoms with Crippen molar-refractivity contribution in [3.8, 4) is 5.75 Å². The zero-order valence-electron chi connectivity index (χ0n) is 11.6. The number of ether oxygens (including phenoxy) is 1. The first-order valence-corrected chi connectivity index (χ1v) is 7.08. The van der Waals surface area contributed by atoms with E-state index in [0.29, 0.717) is 5.92 Å². The number of hydrogen-bond acceptors (Lipinski definition) is 2. The van der Waals surface area contributed by atoms with Gasteiger partial charge in [0.2, 0.25) is 0 Å². The molecule has 0 spiro atoms. The third kappa shape index (κ3) is 2.86. The van der Waals surface area contributed by atoms with Gasteiger partial charge in [-0.15, -0.1) is 0 Å². The maximum absolute atomic E-state index is 6.63. The summed E-state index contributed by atoms with van der Waals surface area (Å²) < 4.78 is 5.21. The lowest BCUT2D eigenvalue weighted by atomic mass is 9.76. The van der Waals surface area contributed by atoms with Gasteiger partial charge in [-0.2, -0.15) is 0 Å². The average Bonchev–Trinajstić information content (AvgIpc) is 2.68. The fourth-order valence-corrected chi connectivity index (χ4v) is 3.06. The molecule has 1 aliphatic rings. The Labute approximate surface area is 111 Å². The van der Waals surface area contributed by atoms with E-state index in [1.807, 2.05) is 12.1 Å². The number of hydrogen-bond donors (Lipinski definition) is 1. The summed E-state index contributed by atoms with van der Waals surface area (Å²) in [6, 6.07) is 8.25. The van der Waals surface area contributed by atoms with Gasteiger partial charge in [-0.05, 0) is 43.4 Å². The third-order valence-electron chi connectivity index (χ3n) is 4.42. The van der Waals surface area contributed by atoms with E-state index in [9.17, 15) is 0 Å². The van der Waals surface area contributed by atoms with Gasteiger partial charge in [0.15, 0.2) is 0 Å².